The standard InChI is InChI=1S/C43H65N5O6S/c1-11-22-53-43(52)31(8)23-33(24-32-18-14-13-15-19-32)44-39(49)34-27-55-41(45-34)37(54-26-28(3)4)25-36(29(5)6)48(10)42(51)38(30(7)12-2)46-40(50)35-20-16-17-21-47(35)9/h11,13-15,18-19,27,29-31,33,35-38H,1,3,12,16-17,20-26H2,2,4-10H3,(H,44,49)(H,46,50)/t30-,31-,33+,35+,36+,37+,38-/m0/s1. The number of aromatic nitrogens is 1. The van der Waals surface area contributed by atoms with Gasteiger partial charge >= 0.3 is 5.97 Å². The van der Waals surface area contributed by atoms with Crippen molar-refractivity contribution in [3.8, 4) is 0 Å². The van der Waals surface area contributed by atoms with Crippen LogP contribution in [0.3, 0.4) is 0 Å². The summed E-state index contributed by atoms with van der Waals surface area (Å²) in [5.41, 5.74) is 2.12. The van der Waals surface area contributed by atoms with E-state index in [1.54, 1.807) is 24.3 Å². The highest BCUT2D eigenvalue weighted by Crippen LogP contribution is 2.31. The molecule has 0 aliphatic carbocycles. The maximum atomic E-state index is 14.3. The Bertz CT molecular complexity index is 1560. The molecule has 1 aliphatic rings. The number of piperidine rings is 1. The average molecular weight is 780 g/mol. The van der Waals surface area contributed by atoms with E-state index in [1.807, 2.05) is 58.2 Å². The van der Waals surface area contributed by atoms with Gasteiger partial charge in [-0.15, -0.1) is 11.3 Å². The van der Waals surface area contributed by atoms with Gasteiger partial charge < -0.3 is 25.0 Å². The molecule has 7 atom stereocenters. The van der Waals surface area contributed by atoms with Crippen LogP contribution in [0.2, 0.25) is 0 Å². The molecule has 2 heterocycles. The van der Waals surface area contributed by atoms with Gasteiger partial charge in [-0.2, -0.15) is 0 Å². The summed E-state index contributed by atoms with van der Waals surface area (Å²) in [7, 11) is 3.77. The van der Waals surface area contributed by atoms with E-state index in [0.717, 1.165) is 43.4 Å². The van der Waals surface area contributed by atoms with Gasteiger partial charge in [0.2, 0.25) is 11.8 Å². The minimum absolute atomic E-state index is 0.0456. The molecule has 2 N–H and O–H groups in total. The Labute approximate surface area is 333 Å². The molecule has 12 heteroatoms. The van der Waals surface area contributed by atoms with Crippen LogP contribution in [0.4, 0.5) is 0 Å². The van der Waals surface area contributed by atoms with Gasteiger partial charge in [-0.05, 0) is 63.6 Å². The Balaban J connectivity index is 1.83. The van der Waals surface area contributed by atoms with Crippen molar-refractivity contribution in [1.82, 2.24) is 25.4 Å². The predicted molar refractivity (Wildman–Crippen MR) is 220 cm³/mol. The molecule has 1 saturated heterocycles. The number of esters is 1. The Morgan fingerprint density at radius 2 is 1.80 bits per heavy atom. The van der Waals surface area contributed by atoms with Crippen LogP contribution in [0, 0.1) is 17.8 Å². The number of nitrogens with zero attached hydrogens (tertiary/aromatic N) is 3. The third-order valence-electron chi connectivity index (χ3n) is 10.5. The molecule has 55 heavy (non-hydrogen) atoms. The maximum Gasteiger partial charge on any atom is 0.309 e. The van der Waals surface area contributed by atoms with E-state index in [-0.39, 0.29) is 72.6 Å². The molecule has 0 bridgehead atoms. The van der Waals surface area contributed by atoms with Crippen LogP contribution in [0.1, 0.15) is 107 Å². The van der Waals surface area contributed by atoms with Crippen molar-refractivity contribution in [1.29, 1.82) is 0 Å². The number of carbonyl (C=O) groups excluding carboxylic acids is 4. The molecule has 304 valence electrons. The Morgan fingerprint density at radius 1 is 1.09 bits per heavy atom. The van der Waals surface area contributed by atoms with Gasteiger partial charge in [0.05, 0.1) is 18.6 Å². The molecule has 0 radical (unpaired) electrons. The van der Waals surface area contributed by atoms with Gasteiger partial charge in [-0.25, -0.2) is 4.98 Å². The lowest BCUT2D eigenvalue weighted by atomic mass is 9.92. The molecule has 11 nitrogen and oxygen atoms in total. The Morgan fingerprint density at radius 3 is 2.42 bits per heavy atom. The first-order valence-corrected chi connectivity index (χ1v) is 20.7. The average Bonchev–Trinajstić information content (AvgIpc) is 3.66. The van der Waals surface area contributed by atoms with Gasteiger partial charge in [0, 0.05) is 30.9 Å². The molecule has 3 rings (SSSR count). The fourth-order valence-electron chi connectivity index (χ4n) is 7.00. The molecule has 1 fully saturated rings. The van der Waals surface area contributed by atoms with Gasteiger partial charge in [-0.1, -0.05) is 103 Å². The second kappa shape index (κ2) is 22.6. The highest BCUT2D eigenvalue weighted by atomic mass is 32.1. The Kier molecular flexibility index (Phi) is 18.7. The van der Waals surface area contributed by atoms with Crippen molar-refractivity contribution >= 4 is 35.0 Å². The second-order valence-electron chi connectivity index (χ2n) is 15.6. The number of ether oxygens (including phenoxy) is 2. The van der Waals surface area contributed by atoms with Crippen molar-refractivity contribution in [3.05, 3.63) is 76.8 Å². The fourth-order valence-corrected chi connectivity index (χ4v) is 7.86. The molecule has 2 aromatic rings. The molecular weight excluding hydrogens is 715 g/mol. The van der Waals surface area contributed by atoms with E-state index in [9.17, 15) is 19.2 Å². The fraction of sp³-hybridized carbons (Fsp3) is 0.605. The number of hydrogen-bond acceptors (Lipinski definition) is 9. The predicted octanol–water partition coefficient (Wildman–Crippen LogP) is 6.76. The zero-order valence-electron chi connectivity index (χ0n) is 34.3. The molecule has 0 unspecified atom stereocenters. The number of thiazole rings is 1. The first-order chi connectivity index (χ1) is 26.2. The van der Waals surface area contributed by atoms with Gasteiger partial charge in [0.1, 0.15) is 29.5 Å². The lowest BCUT2D eigenvalue weighted by Gasteiger charge is -2.38. The van der Waals surface area contributed by atoms with Crippen LogP contribution in [-0.2, 0) is 30.3 Å². The van der Waals surface area contributed by atoms with Crippen molar-refractivity contribution in [2.45, 2.75) is 117 Å². The van der Waals surface area contributed by atoms with Gasteiger partial charge in [-0.3, -0.25) is 24.1 Å². The number of carbonyl (C=O) groups is 4. The number of hydrogen-bond donors (Lipinski definition) is 2. The number of rotatable bonds is 22. The smallest absolute Gasteiger partial charge is 0.309 e. The largest absolute Gasteiger partial charge is 0.461 e. The van der Waals surface area contributed by atoms with Gasteiger partial charge in [0.15, 0.2) is 0 Å². The molecule has 0 spiro atoms. The summed E-state index contributed by atoms with van der Waals surface area (Å²) in [6.07, 6.45) is 5.90. The van der Waals surface area contributed by atoms with Crippen molar-refractivity contribution in [3.63, 3.8) is 0 Å². The Hall–Kier alpha value is -3.87. The summed E-state index contributed by atoms with van der Waals surface area (Å²) < 4.78 is 11.7. The summed E-state index contributed by atoms with van der Waals surface area (Å²) in [6.45, 7) is 20.8. The van der Waals surface area contributed by atoms with Crippen LogP contribution < -0.4 is 10.6 Å². The SMILES string of the molecule is C=CCOC(=O)[C@@H](C)C[C@H](Cc1ccccc1)NC(=O)c1csc([C@@H](C[C@H](C(C)C)N(C)C(=O)[C@@H](NC(=O)[C@H]2CCCCN2C)[C@@H](C)CC)OCC(=C)C)n1. The van der Waals surface area contributed by atoms with E-state index in [0.29, 0.717) is 24.3 Å². The third kappa shape index (κ3) is 14.0. The number of likely N-dealkylation sites (N-methyl/N-ethyl adjacent to an activating group) is 2. The summed E-state index contributed by atoms with van der Waals surface area (Å²) in [5.74, 6) is -1.40. The maximum absolute atomic E-state index is 14.3. The molecular formula is C43H65N5O6S. The van der Waals surface area contributed by atoms with Crippen LogP contribution in [0.15, 0.2) is 60.5 Å². The summed E-state index contributed by atoms with van der Waals surface area (Å²) in [4.78, 5) is 62.8. The number of likely N-dealkylation sites (tertiary alicyclic amines) is 1. The molecule has 0 saturated carbocycles. The third-order valence-corrected chi connectivity index (χ3v) is 11.5. The molecule has 3 amide bonds. The zero-order valence-corrected chi connectivity index (χ0v) is 35.2. The quantitative estimate of drug-likeness (QED) is 0.0991. The van der Waals surface area contributed by atoms with Crippen LogP contribution in [0.5, 0.6) is 0 Å². The van der Waals surface area contributed by atoms with Crippen LogP contribution in [-0.4, -0.2) is 96.5 Å². The summed E-state index contributed by atoms with van der Waals surface area (Å²) >= 11 is 1.33. The molecule has 1 aromatic carbocycles. The van der Waals surface area contributed by atoms with Gasteiger partial charge in [0.25, 0.3) is 5.91 Å². The highest BCUT2D eigenvalue weighted by Gasteiger charge is 2.37. The van der Waals surface area contributed by atoms with Crippen LogP contribution in [0.25, 0.3) is 0 Å². The van der Waals surface area contributed by atoms with E-state index >= 15 is 0 Å². The summed E-state index contributed by atoms with van der Waals surface area (Å²) in [5, 5.41) is 8.60. The number of amides is 3. The first kappa shape index (κ1) is 45.5. The molecule has 1 aliphatic heterocycles. The van der Waals surface area contributed by atoms with E-state index < -0.39 is 18.1 Å². The monoisotopic (exact) mass is 779 g/mol. The number of nitrogens with one attached hydrogen (secondary N) is 2. The first-order valence-electron chi connectivity index (χ1n) is 19.8. The second-order valence-corrected chi connectivity index (χ2v) is 16.5. The van der Waals surface area contributed by atoms with E-state index in [2.05, 4.69) is 42.5 Å². The topological polar surface area (TPSA) is 130 Å². The van der Waals surface area contributed by atoms with Crippen LogP contribution >= 0.6 is 11.3 Å². The lowest BCUT2D eigenvalue weighted by Crippen LogP contribution is -2.58. The summed E-state index contributed by atoms with van der Waals surface area (Å²) in [6, 6.07) is 8.28. The minimum Gasteiger partial charge on any atom is -0.461 e. The van der Waals surface area contributed by atoms with E-state index in [4.69, 9.17) is 14.5 Å². The zero-order chi connectivity index (χ0) is 40.7. The lowest BCUT2D eigenvalue weighted by molar-refractivity contribution is -0.147. The normalized spacial score (nSPS) is 17.9. The van der Waals surface area contributed by atoms with Crippen molar-refractivity contribution < 1.29 is 28.7 Å². The van der Waals surface area contributed by atoms with Crippen molar-refractivity contribution in [2.75, 3.05) is 33.9 Å². The highest BCUT2D eigenvalue weighted by molar-refractivity contribution is 7.09. The van der Waals surface area contributed by atoms with E-state index in [1.165, 1.54) is 17.4 Å². The molecule has 1 aromatic heterocycles. The van der Waals surface area contributed by atoms with Crippen molar-refractivity contribution in [2.24, 2.45) is 17.8 Å². The minimum atomic E-state index is -0.667. The number of benzene rings is 1.